The topological polar surface area (TPSA) is 72.2 Å². The summed E-state index contributed by atoms with van der Waals surface area (Å²) in [5.74, 6) is -0.339. The van der Waals surface area contributed by atoms with Crippen LogP contribution in [0, 0.1) is 10.1 Å². The fraction of sp³-hybridized carbons (Fsp3) is 0. The predicted octanol–water partition coefficient (Wildman–Crippen LogP) is 4.37. The minimum atomic E-state index is -0.516. The zero-order valence-electron chi connectivity index (χ0n) is 9.97. The van der Waals surface area contributed by atoms with Gasteiger partial charge < -0.3 is 5.32 Å². The summed E-state index contributed by atoms with van der Waals surface area (Å²) in [6.45, 7) is 0. The first-order chi connectivity index (χ1) is 9.49. The van der Waals surface area contributed by atoms with Crippen LogP contribution in [0.5, 0.6) is 0 Å². The van der Waals surface area contributed by atoms with E-state index in [1.54, 1.807) is 30.3 Å². The number of nitrogens with one attached hydrogen (secondary N) is 1. The first kappa shape index (κ1) is 14.7. The van der Waals surface area contributed by atoms with Gasteiger partial charge in [0.1, 0.15) is 0 Å². The SMILES string of the molecule is O=C(Nc1ccc(Br)c([N+](=O)[O-])c1)c1ccccc1Br. The zero-order valence-corrected chi connectivity index (χ0v) is 13.1. The van der Waals surface area contributed by atoms with Crippen LogP contribution in [-0.2, 0) is 0 Å². The maximum atomic E-state index is 12.1. The molecule has 1 amide bonds. The van der Waals surface area contributed by atoms with Crippen molar-refractivity contribution in [2.75, 3.05) is 5.32 Å². The van der Waals surface area contributed by atoms with E-state index < -0.39 is 4.92 Å². The molecule has 0 unspecified atom stereocenters. The number of carbonyl (C=O) groups excluding carboxylic acids is 1. The fourth-order valence-corrected chi connectivity index (χ4v) is 2.43. The Morgan fingerprint density at radius 2 is 1.80 bits per heavy atom. The molecule has 7 heteroatoms. The van der Waals surface area contributed by atoms with E-state index in [4.69, 9.17) is 0 Å². The van der Waals surface area contributed by atoms with Crippen molar-refractivity contribution in [3.05, 3.63) is 67.1 Å². The Bertz CT molecular complexity index is 689. The van der Waals surface area contributed by atoms with Gasteiger partial charge in [-0.05, 0) is 56.1 Å². The van der Waals surface area contributed by atoms with E-state index in [0.717, 1.165) is 0 Å². The third-order valence-corrected chi connectivity index (χ3v) is 3.88. The second kappa shape index (κ2) is 6.15. The summed E-state index contributed by atoms with van der Waals surface area (Å²) in [6, 6.07) is 11.4. The highest BCUT2D eigenvalue weighted by Gasteiger charge is 2.15. The molecule has 0 radical (unpaired) electrons. The summed E-state index contributed by atoms with van der Waals surface area (Å²) < 4.78 is 1.02. The number of nitrogens with zero attached hydrogens (tertiary/aromatic N) is 1. The van der Waals surface area contributed by atoms with Gasteiger partial charge >= 0.3 is 0 Å². The lowest BCUT2D eigenvalue weighted by Gasteiger charge is -2.07. The standard InChI is InChI=1S/C13H8Br2N2O3/c14-10-4-2-1-3-9(10)13(18)16-8-5-6-11(15)12(7-8)17(19)20/h1-7H,(H,16,18). The molecule has 0 saturated carbocycles. The molecule has 5 nitrogen and oxygen atoms in total. The van der Waals surface area contributed by atoms with Crippen LogP contribution in [0.3, 0.4) is 0 Å². The summed E-state index contributed by atoms with van der Waals surface area (Å²) in [7, 11) is 0. The van der Waals surface area contributed by atoms with Crippen molar-refractivity contribution in [1.29, 1.82) is 0 Å². The first-order valence-electron chi connectivity index (χ1n) is 5.49. The van der Waals surface area contributed by atoms with Gasteiger partial charge in [-0.2, -0.15) is 0 Å². The van der Waals surface area contributed by atoms with Crippen LogP contribution < -0.4 is 5.32 Å². The smallest absolute Gasteiger partial charge is 0.285 e. The second-order valence-corrected chi connectivity index (χ2v) is 5.57. The maximum absolute atomic E-state index is 12.1. The molecular weight excluding hydrogens is 392 g/mol. The molecule has 0 fully saturated rings. The fourth-order valence-electron chi connectivity index (χ4n) is 1.57. The molecule has 0 aliphatic carbocycles. The molecule has 0 bridgehead atoms. The molecule has 0 spiro atoms. The number of rotatable bonds is 3. The Morgan fingerprint density at radius 1 is 1.10 bits per heavy atom. The monoisotopic (exact) mass is 398 g/mol. The minimum Gasteiger partial charge on any atom is -0.322 e. The number of carbonyl (C=O) groups is 1. The lowest BCUT2D eigenvalue weighted by molar-refractivity contribution is -0.385. The van der Waals surface area contributed by atoms with E-state index in [0.29, 0.717) is 20.2 Å². The van der Waals surface area contributed by atoms with Crippen molar-refractivity contribution in [2.45, 2.75) is 0 Å². The van der Waals surface area contributed by atoms with Crippen molar-refractivity contribution in [3.8, 4) is 0 Å². The highest BCUT2D eigenvalue weighted by Crippen LogP contribution is 2.28. The number of nitro groups is 1. The van der Waals surface area contributed by atoms with E-state index in [9.17, 15) is 14.9 Å². The highest BCUT2D eigenvalue weighted by atomic mass is 79.9. The van der Waals surface area contributed by atoms with Gasteiger partial charge in [-0.15, -0.1) is 0 Å². The largest absolute Gasteiger partial charge is 0.322 e. The van der Waals surface area contributed by atoms with Gasteiger partial charge in [-0.3, -0.25) is 14.9 Å². The molecule has 102 valence electrons. The van der Waals surface area contributed by atoms with Gasteiger partial charge in [0.25, 0.3) is 11.6 Å². The molecule has 0 aliphatic rings. The molecule has 20 heavy (non-hydrogen) atoms. The molecule has 0 aliphatic heterocycles. The number of anilines is 1. The molecule has 0 atom stereocenters. The molecule has 2 aromatic carbocycles. The van der Waals surface area contributed by atoms with Crippen LogP contribution in [0.2, 0.25) is 0 Å². The number of halogens is 2. The van der Waals surface area contributed by atoms with Crippen molar-refractivity contribution in [2.24, 2.45) is 0 Å². The van der Waals surface area contributed by atoms with Gasteiger partial charge in [0.15, 0.2) is 0 Å². The van der Waals surface area contributed by atoms with Gasteiger partial charge in [0.2, 0.25) is 0 Å². The van der Waals surface area contributed by atoms with E-state index in [2.05, 4.69) is 37.2 Å². The normalized spacial score (nSPS) is 10.1. The van der Waals surface area contributed by atoms with Crippen molar-refractivity contribution in [3.63, 3.8) is 0 Å². The number of nitro benzene ring substituents is 1. The van der Waals surface area contributed by atoms with Crippen LogP contribution in [0.4, 0.5) is 11.4 Å². The molecule has 1 N–H and O–H groups in total. The zero-order chi connectivity index (χ0) is 14.7. The quantitative estimate of drug-likeness (QED) is 0.615. The Labute approximate surface area is 131 Å². The van der Waals surface area contributed by atoms with Crippen LogP contribution in [0.15, 0.2) is 51.4 Å². The number of amides is 1. The van der Waals surface area contributed by atoms with E-state index >= 15 is 0 Å². The lowest BCUT2D eigenvalue weighted by Crippen LogP contribution is -2.12. The van der Waals surface area contributed by atoms with Gasteiger partial charge in [0.05, 0.1) is 15.0 Å². The Kier molecular flexibility index (Phi) is 4.51. The summed E-state index contributed by atoms with van der Waals surface area (Å²) >= 11 is 6.37. The molecule has 2 rings (SSSR count). The third kappa shape index (κ3) is 3.23. The van der Waals surface area contributed by atoms with E-state index in [-0.39, 0.29) is 11.6 Å². The van der Waals surface area contributed by atoms with Crippen LogP contribution >= 0.6 is 31.9 Å². The van der Waals surface area contributed by atoms with Gasteiger partial charge in [-0.25, -0.2) is 0 Å². The number of benzene rings is 2. The lowest BCUT2D eigenvalue weighted by atomic mass is 10.2. The summed E-state index contributed by atoms with van der Waals surface area (Å²) in [4.78, 5) is 22.4. The van der Waals surface area contributed by atoms with Crippen LogP contribution in [0.25, 0.3) is 0 Å². The van der Waals surface area contributed by atoms with Crippen molar-refractivity contribution >= 4 is 49.1 Å². The molecule has 0 heterocycles. The number of hydrogen-bond acceptors (Lipinski definition) is 3. The Hall–Kier alpha value is -1.73. The van der Waals surface area contributed by atoms with Gasteiger partial charge in [0, 0.05) is 16.2 Å². The minimum absolute atomic E-state index is 0.102. The van der Waals surface area contributed by atoms with E-state index in [1.807, 2.05) is 0 Å². The number of hydrogen-bond donors (Lipinski definition) is 1. The van der Waals surface area contributed by atoms with Crippen molar-refractivity contribution < 1.29 is 9.72 Å². The maximum Gasteiger partial charge on any atom is 0.285 e. The van der Waals surface area contributed by atoms with Crippen LogP contribution in [0.1, 0.15) is 10.4 Å². The summed E-state index contributed by atoms with van der Waals surface area (Å²) in [5, 5.41) is 13.5. The molecule has 0 aromatic heterocycles. The van der Waals surface area contributed by atoms with Crippen LogP contribution in [-0.4, -0.2) is 10.8 Å². The summed E-state index contributed by atoms with van der Waals surface area (Å²) in [5.41, 5.74) is 0.716. The highest BCUT2D eigenvalue weighted by molar-refractivity contribution is 9.10. The van der Waals surface area contributed by atoms with E-state index in [1.165, 1.54) is 12.1 Å². The molecule has 2 aromatic rings. The molecular formula is C13H8Br2N2O3. The average molecular weight is 400 g/mol. The first-order valence-corrected chi connectivity index (χ1v) is 7.07. The Balaban J connectivity index is 2.27. The average Bonchev–Trinajstić information content (AvgIpc) is 2.41. The second-order valence-electron chi connectivity index (χ2n) is 3.86. The predicted molar refractivity (Wildman–Crippen MR) is 82.9 cm³/mol. The molecule has 0 saturated heterocycles. The van der Waals surface area contributed by atoms with Gasteiger partial charge in [-0.1, -0.05) is 12.1 Å². The third-order valence-electron chi connectivity index (χ3n) is 2.52. The van der Waals surface area contributed by atoms with Crippen molar-refractivity contribution in [1.82, 2.24) is 0 Å². The Morgan fingerprint density at radius 3 is 2.45 bits per heavy atom. The summed E-state index contributed by atoms with van der Waals surface area (Å²) in [6.07, 6.45) is 0.